The monoisotopic (exact) mass is 508 g/mol. The van der Waals surface area contributed by atoms with Crippen LogP contribution >= 0.6 is 15.9 Å². The molecule has 0 saturated carbocycles. The van der Waals surface area contributed by atoms with Gasteiger partial charge in [-0.1, -0.05) is 47.0 Å². The molecule has 6 nitrogen and oxygen atoms in total. The predicted molar refractivity (Wildman–Crippen MR) is 132 cm³/mol. The average Bonchev–Trinajstić information content (AvgIpc) is 2.81. The van der Waals surface area contributed by atoms with E-state index < -0.39 is 5.97 Å². The maximum atomic E-state index is 12.5. The second kappa shape index (κ2) is 12.0. The van der Waals surface area contributed by atoms with E-state index in [1.54, 1.807) is 54.6 Å². The lowest BCUT2D eigenvalue weighted by Crippen LogP contribution is -2.17. The summed E-state index contributed by atoms with van der Waals surface area (Å²) < 4.78 is 11.9. The number of halogens is 1. The molecule has 1 N–H and O–H groups in total. The van der Waals surface area contributed by atoms with Crippen molar-refractivity contribution in [3.8, 4) is 11.5 Å². The zero-order valence-electron chi connectivity index (χ0n) is 18.5. The third-order valence-corrected chi connectivity index (χ3v) is 5.21. The lowest BCUT2D eigenvalue weighted by molar-refractivity contribution is 0.0734. The minimum atomic E-state index is -0.475. The van der Waals surface area contributed by atoms with Gasteiger partial charge >= 0.3 is 5.97 Å². The first-order valence-corrected chi connectivity index (χ1v) is 11.4. The average molecular weight is 509 g/mol. The number of aryl methyl sites for hydroxylation is 1. The summed E-state index contributed by atoms with van der Waals surface area (Å²) >= 11 is 3.40. The summed E-state index contributed by atoms with van der Waals surface area (Å²) in [6, 6.07) is 19.2. The molecular weight excluding hydrogens is 484 g/mol. The minimum Gasteiger partial charge on any atom is -0.494 e. The molecule has 3 aromatic carbocycles. The summed E-state index contributed by atoms with van der Waals surface area (Å²) in [4.78, 5) is 24.9. The number of carbonyl (C=O) groups is 2. The van der Waals surface area contributed by atoms with E-state index in [-0.39, 0.29) is 5.91 Å². The third kappa shape index (κ3) is 7.29. The smallest absolute Gasteiger partial charge is 0.343 e. The molecule has 7 heteroatoms. The number of rotatable bonds is 9. The highest BCUT2D eigenvalue weighted by Gasteiger charge is 2.12. The van der Waals surface area contributed by atoms with Crippen molar-refractivity contribution in [1.29, 1.82) is 0 Å². The van der Waals surface area contributed by atoms with Crippen molar-refractivity contribution < 1.29 is 19.1 Å². The molecule has 3 aromatic rings. The number of ether oxygens (including phenoxy) is 2. The lowest BCUT2D eigenvalue weighted by atomic mass is 10.1. The van der Waals surface area contributed by atoms with Crippen LogP contribution in [0.2, 0.25) is 0 Å². The van der Waals surface area contributed by atoms with Crippen molar-refractivity contribution in [3.63, 3.8) is 0 Å². The topological polar surface area (TPSA) is 77.0 Å². The van der Waals surface area contributed by atoms with Crippen LogP contribution in [-0.4, -0.2) is 24.7 Å². The van der Waals surface area contributed by atoms with Crippen LogP contribution in [0.5, 0.6) is 11.5 Å². The van der Waals surface area contributed by atoms with Gasteiger partial charge in [-0.05, 0) is 67.9 Å². The van der Waals surface area contributed by atoms with Gasteiger partial charge in [0.2, 0.25) is 0 Å². The Hall–Kier alpha value is -3.45. The van der Waals surface area contributed by atoms with E-state index in [2.05, 4.69) is 33.4 Å². The fourth-order valence-corrected chi connectivity index (χ4v) is 3.20. The number of esters is 1. The SMILES string of the molecule is CCCCOc1ccc(C(=O)N/N=C\c2cc(Br)ccc2OC(=O)c2ccc(C)cc2)cc1. The number of amides is 1. The Morgan fingerprint density at radius 3 is 2.39 bits per heavy atom. The molecule has 0 fully saturated rings. The number of unbranched alkanes of at least 4 members (excludes halogenated alkanes) is 1. The number of hydrazone groups is 1. The molecule has 0 saturated heterocycles. The summed E-state index contributed by atoms with van der Waals surface area (Å²) in [5, 5.41) is 4.03. The van der Waals surface area contributed by atoms with Crippen LogP contribution in [0.15, 0.2) is 76.3 Å². The van der Waals surface area contributed by atoms with E-state index in [0.717, 1.165) is 28.6 Å². The Balaban J connectivity index is 1.64. The minimum absolute atomic E-state index is 0.329. The number of hydrogen-bond acceptors (Lipinski definition) is 5. The molecule has 0 spiro atoms. The van der Waals surface area contributed by atoms with E-state index in [1.807, 2.05) is 19.1 Å². The zero-order chi connectivity index (χ0) is 23.6. The van der Waals surface area contributed by atoms with Gasteiger partial charge in [-0.2, -0.15) is 5.10 Å². The highest BCUT2D eigenvalue weighted by molar-refractivity contribution is 9.10. The molecule has 0 unspecified atom stereocenters. The summed E-state index contributed by atoms with van der Waals surface area (Å²) in [6.07, 6.45) is 3.47. The molecule has 0 bridgehead atoms. The van der Waals surface area contributed by atoms with Gasteiger partial charge in [-0.15, -0.1) is 0 Å². The van der Waals surface area contributed by atoms with Crippen LogP contribution in [0.3, 0.4) is 0 Å². The van der Waals surface area contributed by atoms with Gasteiger partial charge in [0.25, 0.3) is 5.91 Å². The van der Waals surface area contributed by atoms with Gasteiger partial charge in [0.05, 0.1) is 18.4 Å². The molecule has 0 aliphatic rings. The highest BCUT2D eigenvalue weighted by Crippen LogP contribution is 2.23. The first-order valence-electron chi connectivity index (χ1n) is 10.6. The number of nitrogens with zero attached hydrogens (tertiary/aromatic N) is 1. The van der Waals surface area contributed by atoms with Crippen molar-refractivity contribution >= 4 is 34.0 Å². The van der Waals surface area contributed by atoms with E-state index in [9.17, 15) is 9.59 Å². The summed E-state index contributed by atoms with van der Waals surface area (Å²) in [6.45, 7) is 4.70. The molecule has 0 aliphatic heterocycles. The van der Waals surface area contributed by atoms with Gasteiger partial charge < -0.3 is 9.47 Å². The Labute approximate surface area is 201 Å². The second-order valence-corrected chi connectivity index (χ2v) is 8.28. The van der Waals surface area contributed by atoms with Crippen molar-refractivity contribution in [2.45, 2.75) is 26.7 Å². The Morgan fingerprint density at radius 1 is 1.00 bits per heavy atom. The third-order valence-electron chi connectivity index (χ3n) is 4.71. The van der Waals surface area contributed by atoms with E-state index in [0.29, 0.717) is 29.0 Å². The van der Waals surface area contributed by atoms with Gasteiger partial charge in [0.15, 0.2) is 0 Å². The normalized spacial score (nSPS) is 10.8. The van der Waals surface area contributed by atoms with Gasteiger partial charge in [0.1, 0.15) is 11.5 Å². The second-order valence-electron chi connectivity index (χ2n) is 7.36. The Bertz CT molecular complexity index is 1130. The zero-order valence-corrected chi connectivity index (χ0v) is 20.1. The van der Waals surface area contributed by atoms with Gasteiger partial charge in [-0.25, -0.2) is 10.2 Å². The molecule has 0 heterocycles. The van der Waals surface area contributed by atoms with E-state index in [1.165, 1.54) is 6.21 Å². The van der Waals surface area contributed by atoms with Crippen molar-refractivity contribution in [1.82, 2.24) is 5.43 Å². The molecule has 3 rings (SSSR count). The molecule has 1 amide bonds. The van der Waals surface area contributed by atoms with Crippen LogP contribution in [-0.2, 0) is 0 Å². The number of nitrogens with one attached hydrogen (secondary N) is 1. The largest absolute Gasteiger partial charge is 0.494 e. The van der Waals surface area contributed by atoms with E-state index in [4.69, 9.17) is 9.47 Å². The van der Waals surface area contributed by atoms with Crippen LogP contribution in [0.25, 0.3) is 0 Å². The standard InChI is InChI=1S/C26H25BrN2O4/c1-3-4-15-32-23-12-9-19(10-13-23)25(30)29-28-17-21-16-22(27)11-14-24(21)33-26(31)20-7-5-18(2)6-8-20/h5-14,16-17H,3-4,15H2,1-2H3,(H,29,30)/b28-17-. The molecule has 170 valence electrons. The fraction of sp³-hybridized carbons (Fsp3) is 0.192. The van der Waals surface area contributed by atoms with Gasteiger partial charge in [0, 0.05) is 15.6 Å². The number of hydrogen-bond donors (Lipinski definition) is 1. The molecular formula is C26H25BrN2O4. The Kier molecular flexibility index (Phi) is 8.78. The first-order chi connectivity index (χ1) is 16.0. The predicted octanol–water partition coefficient (Wildman–Crippen LogP) is 5.92. The fourth-order valence-electron chi connectivity index (χ4n) is 2.82. The number of benzene rings is 3. The summed E-state index contributed by atoms with van der Waals surface area (Å²) in [7, 11) is 0. The maximum absolute atomic E-state index is 12.5. The molecule has 0 atom stereocenters. The lowest BCUT2D eigenvalue weighted by Gasteiger charge is -2.08. The van der Waals surface area contributed by atoms with Crippen molar-refractivity contribution in [2.24, 2.45) is 5.10 Å². The van der Waals surface area contributed by atoms with Crippen molar-refractivity contribution in [3.05, 3.63) is 93.5 Å². The van der Waals surface area contributed by atoms with Crippen LogP contribution < -0.4 is 14.9 Å². The summed E-state index contributed by atoms with van der Waals surface area (Å²) in [5.41, 5.74) is 4.98. The molecule has 0 aromatic heterocycles. The summed E-state index contributed by atoms with van der Waals surface area (Å²) in [5.74, 6) is 0.213. The van der Waals surface area contributed by atoms with Crippen molar-refractivity contribution in [2.75, 3.05) is 6.61 Å². The number of carbonyl (C=O) groups excluding carboxylic acids is 2. The molecule has 0 radical (unpaired) electrons. The first kappa shape index (κ1) is 24.2. The highest BCUT2D eigenvalue weighted by atomic mass is 79.9. The molecule has 0 aliphatic carbocycles. The Morgan fingerprint density at radius 2 is 1.70 bits per heavy atom. The maximum Gasteiger partial charge on any atom is 0.343 e. The van der Waals surface area contributed by atoms with Gasteiger partial charge in [-0.3, -0.25) is 4.79 Å². The molecule has 33 heavy (non-hydrogen) atoms. The van der Waals surface area contributed by atoms with Crippen LogP contribution in [0, 0.1) is 6.92 Å². The van der Waals surface area contributed by atoms with E-state index >= 15 is 0 Å². The van der Waals surface area contributed by atoms with Crippen LogP contribution in [0.1, 0.15) is 51.6 Å². The van der Waals surface area contributed by atoms with Crippen LogP contribution in [0.4, 0.5) is 0 Å². The quantitative estimate of drug-likeness (QED) is 0.128.